The average Bonchev–Trinajstić information content (AvgIpc) is 3.28. The Balaban J connectivity index is 1.33. The zero-order valence-corrected chi connectivity index (χ0v) is 18.5. The Morgan fingerprint density at radius 1 is 1.12 bits per heavy atom. The molecule has 1 fully saturated rings. The second-order valence-corrected chi connectivity index (χ2v) is 7.77. The fourth-order valence-corrected chi connectivity index (χ4v) is 3.64. The first-order valence-electron chi connectivity index (χ1n) is 10.2. The van der Waals surface area contributed by atoms with Crippen LogP contribution in [0.5, 0.6) is 11.5 Å². The Kier molecular flexibility index (Phi) is 7.05. The number of halogens is 3. The smallest absolute Gasteiger partial charge is 0.387 e. The highest BCUT2D eigenvalue weighted by Gasteiger charge is 2.24. The quantitative estimate of drug-likeness (QED) is 0.508. The van der Waals surface area contributed by atoms with Crippen LogP contribution in [0.3, 0.4) is 0 Å². The minimum Gasteiger partial charge on any atom is -0.493 e. The lowest BCUT2D eigenvalue weighted by Gasteiger charge is -2.34. The minimum absolute atomic E-state index is 0.0765. The molecule has 0 N–H and O–H groups in total. The van der Waals surface area contributed by atoms with E-state index < -0.39 is 6.61 Å². The van der Waals surface area contributed by atoms with Crippen LogP contribution in [-0.4, -0.2) is 65.7 Å². The van der Waals surface area contributed by atoms with Crippen LogP contribution in [0.15, 0.2) is 47.0 Å². The minimum atomic E-state index is -2.98. The number of ether oxygens (including phenoxy) is 2. The SMILES string of the molecule is COc1cc(C(=O)N2CCN(Cc3nc(-c4ccc(Cl)cc4)no3)CC2)ccc1OC(F)F. The molecule has 11 heteroatoms. The second-order valence-electron chi connectivity index (χ2n) is 7.33. The first kappa shape index (κ1) is 22.9. The van der Waals surface area contributed by atoms with Crippen molar-refractivity contribution >= 4 is 17.5 Å². The Bertz CT molecular complexity index is 1100. The number of hydrogen-bond donors (Lipinski definition) is 0. The molecule has 2 heterocycles. The fraction of sp³-hybridized carbons (Fsp3) is 0.318. The van der Waals surface area contributed by atoms with Crippen molar-refractivity contribution in [3.05, 3.63) is 58.9 Å². The molecule has 1 amide bonds. The third-order valence-corrected chi connectivity index (χ3v) is 5.47. The predicted molar refractivity (Wildman–Crippen MR) is 116 cm³/mol. The number of nitrogens with zero attached hydrogens (tertiary/aromatic N) is 4. The number of benzene rings is 2. The maximum Gasteiger partial charge on any atom is 0.387 e. The molecule has 0 unspecified atom stereocenters. The molecule has 3 aromatic rings. The highest BCUT2D eigenvalue weighted by molar-refractivity contribution is 6.30. The van der Waals surface area contributed by atoms with Gasteiger partial charge >= 0.3 is 6.61 Å². The average molecular weight is 479 g/mol. The summed E-state index contributed by atoms with van der Waals surface area (Å²) in [5.74, 6) is 0.723. The number of methoxy groups -OCH3 is 1. The van der Waals surface area contributed by atoms with Gasteiger partial charge in [-0.2, -0.15) is 13.8 Å². The monoisotopic (exact) mass is 478 g/mol. The molecule has 0 aliphatic carbocycles. The lowest BCUT2D eigenvalue weighted by molar-refractivity contribution is -0.0512. The van der Waals surface area contributed by atoms with Crippen LogP contribution in [0.25, 0.3) is 11.4 Å². The van der Waals surface area contributed by atoms with Gasteiger partial charge in [-0.1, -0.05) is 16.8 Å². The van der Waals surface area contributed by atoms with E-state index in [1.165, 1.54) is 25.3 Å². The lowest BCUT2D eigenvalue weighted by Crippen LogP contribution is -2.48. The third kappa shape index (κ3) is 5.58. The fourth-order valence-electron chi connectivity index (χ4n) is 3.51. The van der Waals surface area contributed by atoms with Crippen molar-refractivity contribution in [3.63, 3.8) is 0 Å². The molecular weight excluding hydrogens is 458 g/mol. The van der Waals surface area contributed by atoms with E-state index in [9.17, 15) is 13.6 Å². The lowest BCUT2D eigenvalue weighted by atomic mass is 10.1. The molecule has 0 saturated carbocycles. The van der Waals surface area contributed by atoms with E-state index in [0.29, 0.717) is 55.0 Å². The number of alkyl halides is 2. The maximum absolute atomic E-state index is 12.9. The van der Waals surface area contributed by atoms with Crippen LogP contribution in [-0.2, 0) is 6.54 Å². The molecule has 8 nitrogen and oxygen atoms in total. The molecule has 0 bridgehead atoms. The number of rotatable bonds is 7. The van der Waals surface area contributed by atoms with Crippen LogP contribution in [0.2, 0.25) is 5.02 Å². The molecule has 1 saturated heterocycles. The summed E-state index contributed by atoms with van der Waals surface area (Å²) in [6, 6.07) is 11.3. The summed E-state index contributed by atoms with van der Waals surface area (Å²) in [4.78, 5) is 21.1. The van der Waals surface area contributed by atoms with Crippen LogP contribution in [0.4, 0.5) is 8.78 Å². The van der Waals surface area contributed by atoms with Gasteiger partial charge in [-0.25, -0.2) is 0 Å². The number of hydrogen-bond acceptors (Lipinski definition) is 7. The van der Waals surface area contributed by atoms with E-state index in [1.807, 2.05) is 12.1 Å². The van der Waals surface area contributed by atoms with E-state index in [2.05, 4.69) is 19.8 Å². The molecule has 33 heavy (non-hydrogen) atoms. The zero-order valence-electron chi connectivity index (χ0n) is 17.7. The van der Waals surface area contributed by atoms with E-state index in [0.717, 1.165) is 5.56 Å². The summed E-state index contributed by atoms with van der Waals surface area (Å²) in [7, 11) is 1.33. The van der Waals surface area contributed by atoms with Gasteiger partial charge in [0.05, 0.1) is 13.7 Å². The van der Waals surface area contributed by atoms with Gasteiger partial charge in [0.2, 0.25) is 11.7 Å². The summed E-state index contributed by atoms with van der Waals surface area (Å²) < 4.78 is 39.9. The van der Waals surface area contributed by atoms with Crippen molar-refractivity contribution in [1.29, 1.82) is 0 Å². The molecule has 4 rings (SSSR count). The number of carbonyl (C=O) groups excluding carboxylic acids is 1. The van der Waals surface area contributed by atoms with Gasteiger partial charge < -0.3 is 18.9 Å². The van der Waals surface area contributed by atoms with Gasteiger partial charge in [0.15, 0.2) is 11.5 Å². The molecule has 0 radical (unpaired) electrons. The van der Waals surface area contributed by atoms with Gasteiger partial charge in [-0.05, 0) is 42.5 Å². The van der Waals surface area contributed by atoms with Crippen LogP contribution >= 0.6 is 11.6 Å². The Hall–Kier alpha value is -3.24. The molecule has 2 aromatic carbocycles. The molecule has 1 aliphatic heterocycles. The second kappa shape index (κ2) is 10.1. The number of aromatic nitrogens is 2. The molecule has 1 aromatic heterocycles. The maximum atomic E-state index is 12.9. The number of amides is 1. The highest BCUT2D eigenvalue weighted by atomic mass is 35.5. The summed E-state index contributed by atoms with van der Waals surface area (Å²) >= 11 is 5.91. The predicted octanol–water partition coefficient (Wildman–Crippen LogP) is 3.96. The van der Waals surface area contributed by atoms with Crippen molar-refractivity contribution in [3.8, 4) is 22.9 Å². The van der Waals surface area contributed by atoms with Crippen molar-refractivity contribution in [2.45, 2.75) is 13.2 Å². The number of carbonyl (C=O) groups is 1. The zero-order chi connectivity index (χ0) is 23.4. The van der Waals surface area contributed by atoms with Crippen molar-refractivity contribution in [2.75, 3.05) is 33.3 Å². The molecule has 0 spiro atoms. The summed E-state index contributed by atoms with van der Waals surface area (Å²) in [6.07, 6.45) is 0. The van der Waals surface area contributed by atoms with Crippen LogP contribution < -0.4 is 9.47 Å². The summed E-state index contributed by atoms with van der Waals surface area (Å²) in [6.45, 7) is -0.281. The van der Waals surface area contributed by atoms with Gasteiger partial charge in [-0.3, -0.25) is 9.69 Å². The Morgan fingerprint density at radius 2 is 1.85 bits per heavy atom. The van der Waals surface area contributed by atoms with Gasteiger partial charge in [0.1, 0.15) is 0 Å². The van der Waals surface area contributed by atoms with Gasteiger partial charge in [-0.15, -0.1) is 0 Å². The number of piperazine rings is 1. The van der Waals surface area contributed by atoms with Crippen molar-refractivity contribution < 1.29 is 27.6 Å². The first-order valence-corrected chi connectivity index (χ1v) is 10.5. The standard InChI is InChI=1S/C22H21ClF2N4O4/c1-31-18-12-15(4-7-17(18)32-22(24)25)21(30)29-10-8-28(9-11-29)13-19-26-20(27-33-19)14-2-5-16(23)6-3-14/h2-7,12,22H,8-11,13H2,1H3. The van der Waals surface area contributed by atoms with Crippen molar-refractivity contribution in [1.82, 2.24) is 19.9 Å². The molecule has 1 aliphatic rings. The van der Waals surface area contributed by atoms with Crippen molar-refractivity contribution in [2.24, 2.45) is 0 Å². The molecular formula is C22H21ClF2N4O4. The Labute approximate surface area is 193 Å². The van der Waals surface area contributed by atoms with E-state index >= 15 is 0 Å². The van der Waals surface area contributed by atoms with Crippen LogP contribution in [0.1, 0.15) is 16.2 Å². The van der Waals surface area contributed by atoms with Gasteiger partial charge in [0.25, 0.3) is 5.91 Å². The molecule has 174 valence electrons. The van der Waals surface area contributed by atoms with E-state index in [-0.39, 0.29) is 17.4 Å². The topological polar surface area (TPSA) is 80.9 Å². The highest BCUT2D eigenvalue weighted by Crippen LogP contribution is 2.30. The largest absolute Gasteiger partial charge is 0.493 e. The first-order chi connectivity index (χ1) is 15.9. The summed E-state index contributed by atoms with van der Waals surface area (Å²) in [5, 5.41) is 4.65. The normalized spacial score (nSPS) is 14.5. The molecule has 0 atom stereocenters. The Morgan fingerprint density at radius 3 is 2.52 bits per heavy atom. The van der Waals surface area contributed by atoms with Crippen LogP contribution in [0, 0.1) is 0 Å². The third-order valence-electron chi connectivity index (χ3n) is 5.22. The summed E-state index contributed by atoms with van der Waals surface area (Å²) in [5.41, 5.74) is 1.15. The van der Waals surface area contributed by atoms with Gasteiger partial charge in [0, 0.05) is 42.3 Å². The van der Waals surface area contributed by atoms with E-state index in [1.54, 1.807) is 17.0 Å². The van der Waals surface area contributed by atoms with E-state index in [4.69, 9.17) is 20.9 Å².